The third-order valence-electron chi connectivity index (χ3n) is 3.00. The zero-order valence-corrected chi connectivity index (χ0v) is 12.8. The number of benzene rings is 1. The first-order valence-corrected chi connectivity index (χ1v) is 6.94. The second kappa shape index (κ2) is 6.87. The van der Waals surface area contributed by atoms with Crippen LogP contribution in [0.3, 0.4) is 0 Å². The maximum atomic E-state index is 12.8. The molecule has 0 bridgehead atoms. The van der Waals surface area contributed by atoms with Gasteiger partial charge in [0.05, 0.1) is 22.8 Å². The number of carbonyl (C=O) groups is 1. The fourth-order valence-electron chi connectivity index (χ4n) is 1.85. The summed E-state index contributed by atoms with van der Waals surface area (Å²) in [7, 11) is 1.52. The molecule has 0 fully saturated rings. The van der Waals surface area contributed by atoms with Gasteiger partial charge in [-0.1, -0.05) is 17.7 Å². The molecule has 0 atom stereocenters. The number of alkyl halides is 3. The molecule has 0 radical (unpaired) electrons. The van der Waals surface area contributed by atoms with Gasteiger partial charge in [-0.2, -0.15) is 13.2 Å². The van der Waals surface area contributed by atoms with Crippen LogP contribution in [-0.4, -0.2) is 23.0 Å². The monoisotopic (exact) mass is 343 g/mol. The van der Waals surface area contributed by atoms with Gasteiger partial charge in [-0.3, -0.25) is 4.98 Å². The van der Waals surface area contributed by atoms with E-state index in [1.54, 1.807) is 24.4 Å². The van der Waals surface area contributed by atoms with Gasteiger partial charge >= 0.3 is 12.2 Å². The zero-order chi connectivity index (χ0) is 17.0. The predicted molar refractivity (Wildman–Crippen MR) is 81.2 cm³/mol. The van der Waals surface area contributed by atoms with Crippen molar-refractivity contribution in [3.8, 4) is 0 Å². The van der Waals surface area contributed by atoms with Crippen LogP contribution in [0.2, 0.25) is 5.02 Å². The van der Waals surface area contributed by atoms with E-state index in [0.29, 0.717) is 5.69 Å². The van der Waals surface area contributed by atoms with E-state index in [2.05, 4.69) is 10.3 Å². The van der Waals surface area contributed by atoms with Crippen molar-refractivity contribution in [3.63, 3.8) is 0 Å². The van der Waals surface area contributed by atoms with Crippen molar-refractivity contribution in [2.75, 3.05) is 12.4 Å². The third kappa shape index (κ3) is 4.59. The average molecular weight is 344 g/mol. The Morgan fingerprint density at radius 3 is 2.65 bits per heavy atom. The normalized spacial score (nSPS) is 11.2. The number of anilines is 1. The van der Waals surface area contributed by atoms with E-state index in [9.17, 15) is 18.0 Å². The van der Waals surface area contributed by atoms with Gasteiger partial charge < -0.3 is 10.2 Å². The smallest absolute Gasteiger partial charge is 0.322 e. The maximum Gasteiger partial charge on any atom is 0.417 e. The Kier molecular flexibility index (Phi) is 5.10. The van der Waals surface area contributed by atoms with E-state index < -0.39 is 22.8 Å². The standard InChI is InChI=1S/C15H13ClF3N3O/c1-22(9-11-4-2-3-7-20-11)14(23)21-10-5-6-13(16)12(8-10)15(17,18)19/h2-8H,9H2,1H3,(H,21,23). The van der Waals surface area contributed by atoms with Crippen LogP contribution in [0.25, 0.3) is 0 Å². The summed E-state index contributed by atoms with van der Waals surface area (Å²) in [6, 6.07) is 7.93. The molecule has 122 valence electrons. The first kappa shape index (κ1) is 17.1. The average Bonchev–Trinajstić information content (AvgIpc) is 2.49. The summed E-state index contributed by atoms with van der Waals surface area (Å²) in [6.45, 7) is 0.229. The van der Waals surface area contributed by atoms with Gasteiger partial charge in [0.15, 0.2) is 0 Å². The van der Waals surface area contributed by atoms with Gasteiger partial charge in [0.25, 0.3) is 0 Å². The van der Waals surface area contributed by atoms with E-state index in [1.807, 2.05) is 0 Å². The fourth-order valence-corrected chi connectivity index (χ4v) is 2.07. The van der Waals surface area contributed by atoms with E-state index in [1.165, 1.54) is 18.0 Å². The molecule has 0 saturated carbocycles. The molecule has 2 amide bonds. The van der Waals surface area contributed by atoms with Crippen LogP contribution in [0.5, 0.6) is 0 Å². The molecule has 0 unspecified atom stereocenters. The molecule has 8 heteroatoms. The van der Waals surface area contributed by atoms with Crippen LogP contribution in [0.1, 0.15) is 11.3 Å². The molecule has 0 spiro atoms. The first-order valence-electron chi connectivity index (χ1n) is 6.56. The highest BCUT2D eigenvalue weighted by Crippen LogP contribution is 2.36. The topological polar surface area (TPSA) is 45.2 Å². The van der Waals surface area contributed by atoms with E-state index >= 15 is 0 Å². The van der Waals surface area contributed by atoms with Crippen LogP contribution < -0.4 is 5.32 Å². The summed E-state index contributed by atoms with van der Waals surface area (Å²) in [4.78, 5) is 17.4. The summed E-state index contributed by atoms with van der Waals surface area (Å²) >= 11 is 5.54. The van der Waals surface area contributed by atoms with E-state index in [0.717, 1.165) is 12.1 Å². The van der Waals surface area contributed by atoms with Crippen molar-refractivity contribution in [2.24, 2.45) is 0 Å². The van der Waals surface area contributed by atoms with Gasteiger partial charge in [-0.15, -0.1) is 0 Å². The SMILES string of the molecule is CN(Cc1ccccn1)C(=O)Nc1ccc(Cl)c(C(F)(F)F)c1. The number of hydrogen-bond donors (Lipinski definition) is 1. The quantitative estimate of drug-likeness (QED) is 0.896. The lowest BCUT2D eigenvalue weighted by Crippen LogP contribution is -2.31. The van der Waals surface area contributed by atoms with Crippen LogP contribution in [-0.2, 0) is 12.7 Å². The first-order chi connectivity index (χ1) is 10.8. The van der Waals surface area contributed by atoms with E-state index in [-0.39, 0.29) is 12.2 Å². The largest absolute Gasteiger partial charge is 0.417 e. The van der Waals surface area contributed by atoms with Gasteiger partial charge in [0, 0.05) is 18.9 Å². The number of hydrogen-bond acceptors (Lipinski definition) is 2. The lowest BCUT2D eigenvalue weighted by atomic mass is 10.2. The molecular weight excluding hydrogens is 331 g/mol. The van der Waals surface area contributed by atoms with Crippen molar-refractivity contribution >= 4 is 23.3 Å². The van der Waals surface area contributed by atoms with E-state index in [4.69, 9.17) is 11.6 Å². The Balaban J connectivity index is 2.08. The predicted octanol–water partition coefficient (Wildman–Crippen LogP) is 4.42. The van der Waals surface area contributed by atoms with Gasteiger partial charge in [0.2, 0.25) is 0 Å². The Morgan fingerprint density at radius 2 is 2.04 bits per heavy atom. The van der Waals surface area contributed by atoms with Gasteiger partial charge in [-0.25, -0.2) is 4.79 Å². The Bertz CT molecular complexity index is 692. The molecule has 1 N–H and O–H groups in total. The molecule has 0 aliphatic carbocycles. The molecule has 2 rings (SSSR count). The number of amides is 2. The number of carbonyl (C=O) groups excluding carboxylic acids is 1. The van der Waals surface area contributed by atoms with Crippen molar-refractivity contribution in [1.82, 2.24) is 9.88 Å². The highest BCUT2D eigenvalue weighted by molar-refractivity contribution is 6.31. The van der Waals surface area contributed by atoms with Crippen LogP contribution in [0.15, 0.2) is 42.6 Å². The summed E-state index contributed by atoms with van der Waals surface area (Å²) in [5.74, 6) is 0. The molecule has 1 aromatic carbocycles. The molecule has 2 aromatic rings. The second-order valence-electron chi connectivity index (χ2n) is 4.80. The highest BCUT2D eigenvalue weighted by atomic mass is 35.5. The van der Waals surface area contributed by atoms with Crippen molar-refractivity contribution < 1.29 is 18.0 Å². The molecule has 0 aliphatic rings. The minimum Gasteiger partial charge on any atom is -0.322 e. The lowest BCUT2D eigenvalue weighted by molar-refractivity contribution is -0.137. The Labute approximate surface area is 135 Å². The summed E-state index contributed by atoms with van der Waals surface area (Å²) in [5.41, 5.74) is -0.318. The molecule has 4 nitrogen and oxygen atoms in total. The number of nitrogens with zero attached hydrogens (tertiary/aromatic N) is 2. The Hall–Kier alpha value is -2.28. The number of rotatable bonds is 3. The number of nitrogens with one attached hydrogen (secondary N) is 1. The molecule has 0 saturated heterocycles. The number of pyridine rings is 1. The minimum absolute atomic E-state index is 0.0135. The molecule has 1 heterocycles. The number of aromatic nitrogens is 1. The lowest BCUT2D eigenvalue weighted by Gasteiger charge is -2.18. The molecule has 0 aliphatic heterocycles. The molecular formula is C15H13ClF3N3O. The summed E-state index contributed by atoms with van der Waals surface area (Å²) in [5, 5.41) is 1.98. The van der Waals surface area contributed by atoms with Crippen molar-refractivity contribution in [2.45, 2.75) is 12.7 Å². The number of urea groups is 1. The summed E-state index contributed by atoms with van der Waals surface area (Å²) < 4.78 is 38.4. The maximum absolute atomic E-state index is 12.8. The Morgan fingerprint density at radius 1 is 1.30 bits per heavy atom. The number of halogens is 4. The third-order valence-corrected chi connectivity index (χ3v) is 3.32. The fraction of sp³-hybridized carbons (Fsp3) is 0.200. The highest BCUT2D eigenvalue weighted by Gasteiger charge is 2.33. The second-order valence-corrected chi connectivity index (χ2v) is 5.21. The minimum atomic E-state index is -4.59. The van der Waals surface area contributed by atoms with Crippen molar-refractivity contribution in [3.05, 3.63) is 58.9 Å². The van der Waals surface area contributed by atoms with Gasteiger partial charge in [0.1, 0.15) is 0 Å². The van der Waals surface area contributed by atoms with Gasteiger partial charge in [-0.05, 0) is 30.3 Å². The van der Waals surface area contributed by atoms with Crippen LogP contribution in [0, 0.1) is 0 Å². The summed E-state index contributed by atoms with van der Waals surface area (Å²) in [6.07, 6.45) is -2.99. The van der Waals surface area contributed by atoms with Crippen molar-refractivity contribution in [1.29, 1.82) is 0 Å². The zero-order valence-electron chi connectivity index (χ0n) is 12.1. The molecule has 1 aromatic heterocycles. The van der Waals surface area contributed by atoms with Crippen LogP contribution >= 0.6 is 11.6 Å². The van der Waals surface area contributed by atoms with Crippen LogP contribution in [0.4, 0.5) is 23.7 Å². The molecule has 23 heavy (non-hydrogen) atoms.